The molecule has 1 aliphatic rings. The summed E-state index contributed by atoms with van der Waals surface area (Å²) in [4.78, 5) is 13.8. The zero-order chi connectivity index (χ0) is 14.8. The maximum Gasteiger partial charge on any atom is 0.340 e. The third kappa shape index (κ3) is 3.22. The quantitative estimate of drug-likeness (QED) is 0.652. The number of rotatable bonds is 3. The summed E-state index contributed by atoms with van der Waals surface area (Å²) in [5, 5.41) is 0. The molecule has 0 aliphatic carbocycles. The number of nitrogens with two attached hydrogens (primary N) is 1. The predicted molar refractivity (Wildman–Crippen MR) is 77.7 cm³/mol. The lowest BCUT2D eigenvalue weighted by atomic mass is 10.1. The molecular weight excluding hydrogens is 280 g/mol. The number of benzene rings is 1. The van der Waals surface area contributed by atoms with Gasteiger partial charge in [0, 0.05) is 18.8 Å². The third-order valence-electron chi connectivity index (χ3n) is 3.20. The van der Waals surface area contributed by atoms with Crippen molar-refractivity contribution in [2.24, 2.45) is 0 Å². The Hall–Kier alpha value is -1.76. The number of anilines is 2. The summed E-state index contributed by atoms with van der Waals surface area (Å²) in [5.74, 6) is -0.248. The molecule has 110 valence electrons. The van der Waals surface area contributed by atoms with Crippen LogP contribution in [0.2, 0.25) is 0 Å². The number of carbonyl (C=O) groups is 1. The first-order valence-corrected chi connectivity index (χ1v) is 8.27. The molecule has 7 heteroatoms. The van der Waals surface area contributed by atoms with Crippen molar-refractivity contribution >= 4 is 27.2 Å². The lowest BCUT2D eigenvalue weighted by Gasteiger charge is -2.30. The molecule has 0 atom stereocenters. The molecule has 0 unspecified atom stereocenters. The SMILES string of the molecule is CCOC(=O)c1cc(N)ccc1N1CCS(=O)(=O)CC1. The lowest BCUT2D eigenvalue weighted by molar-refractivity contribution is 0.0527. The number of nitrogens with zero attached hydrogens (tertiary/aromatic N) is 1. The first-order chi connectivity index (χ1) is 9.43. The lowest BCUT2D eigenvalue weighted by Crippen LogP contribution is -2.41. The number of ether oxygens (including phenoxy) is 1. The molecule has 1 aliphatic heterocycles. The highest BCUT2D eigenvalue weighted by atomic mass is 32.2. The van der Waals surface area contributed by atoms with Gasteiger partial charge in [-0.25, -0.2) is 13.2 Å². The van der Waals surface area contributed by atoms with E-state index in [2.05, 4.69) is 0 Å². The molecule has 0 saturated carbocycles. The molecule has 1 heterocycles. The van der Waals surface area contributed by atoms with E-state index in [1.807, 2.05) is 4.90 Å². The summed E-state index contributed by atoms with van der Waals surface area (Å²) in [6.07, 6.45) is 0. The molecule has 1 aromatic carbocycles. The fraction of sp³-hybridized carbons (Fsp3) is 0.462. The minimum absolute atomic E-state index is 0.0969. The molecule has 0 aromatic heterocycles. The summed E-state index contributed by atoms with van der Waals surface area (Å²) in [6, 6.07) is 5.00. The van der Waals surface area contributed by atoms with Crippen molar-refractivity contribution < 1.29 is 17.9 Å². The van der Waals surface area contributed by atoms with Gasteiger partial charge in [0.15, 0.2) is 9.84 Å². The molecule has 1 saturated heterocycles. The zero-order valence-electron chi connectivity index (χ0n) is 11.3. The molecule has 0 bridgehead atoms. The fourth-order valence-electron chi connectivity index (χ4n) is 2.16. The van der Waals surface area contributed by atoms with Gasteiger partial charge < -0.3 is 15.4 Å². The van der Waals surface area contributed by atoms with Crippen LogP contribution in [0.5, 0.6) is 0 Å². The summed E-state index contributed by atoms with van der Waals surface area (Å²) < 4.78 is 27.9. The number of hydrogen-bond acceptors (Lipinski definition) is 6. The van der Waals surface area contributed by atoms with Crippen molar-refractivity contribution in [1.82, 2.24) is 0 Å². The Morgan fingerprint density at radius 1 is 1.35 bits per heavy atom. The van der Waals surface area contributed by atoms with Crippen molar-refractivity contribution in [2.45, 2.75) is 6.92 Å². The minimum atomic E-state index is -2.96. The Labute approximate surface area is 118 Å². The van der Waals surface area contributed by atoms with Crippen LogP contribution in [0.4, 0.5) is 11.4 Å². The summed E-state index contributed by atoms with van der Waals surface area (Å²) in [5.41, 5.74) is 7.24. The van der Waals surface area contributed by atoms with Gasteiger partial charge in [-0.05, 0) is 25.1 Å². The van der Waals surface area contributed by atoms with E-state index in [1.54, 1.807) is 25.1 Å². The monoisotopic (exact) mass is 298 g/mol. The molecule has 0 radical (unpaired) electrons. The Bertz CT molecular complexity index is 599. The molecular formula is C13H18N2O4S. The van der Waals surface area contributed by atoms with E-state index in [0.717, 1.165) is 0 Å². The van der Waals surface area contributed by atoms with Crippen LogP contribution in [0.3, 0.4) is 0 Å². The zero-order valence-corrected chi connectivity index (χ0v) is 12.1. The third-order valence-corrected chi connectivity index (χ3v) is 4.81. The van der Waals surface area contributed by atoms with Crippen molar-refractivity contribution in [1.29, 1.82) is 0 Å². The molecule has 6 nitrogen and oxygen atoms in total. The van der Waals surface area contributed by atoms with Gasteiger partial charge in [-0.1, -0.05) is 0 Å². The highest BCUT2D eigenvalue weighted by molar-refractivity contribution is 7.91. The van der Waals surface area contributed by atoms with Crippen molar-refractivity contribution in [3.05, 3.63) is 23.8 Å². The van der Waals surface area contributed by atoms with Gasteiger partial charge in [-0.15, -0.1) is 0 Å². The maximum atomic E-state index is 12.0. The van der Waals surface area contributed by atoms with Crippen LogP contribution in [0, 0.1) is 0 Å². The largest absolute Gasteiger partial charge is 0.462 e. The maximum absolute atomic E-state index is 12.0. The number of sulfone groups is 1. The van der Waals surface area contributed by atoms with Crippen molar-refractivity contribution in [2.75, 3.05) is 41.8 Å². The van der Waals surface area contributed by atoms with E-state index in [1.165, 1.54) is 0 Å². The van der Waals surface area contributed by atoms with E-state index in [4.69, 9.17) is 10.5 Å². The molecule has 1 aromatic rings. The van der Waals surface area contributed by atoms with Crippen LogP contribution >= 0.6 is 0 Å². The first-order valence-electron chi connectivity index (χ1n) is 6.45. The minimum Gasteiger partial charge on any atom is -0.462 e. The van der Waals surface area contributed by atoms with Gasteiger partial charge in [-0.2, -0.15) is 0 Å². The summed E-state index contributed by atoms with van der Waals surface area (Å²) in [7, 11) is -2.96. The summed E-state index contributed by atoms with van der Waals surface area (Å²) in [6.45, 7) is 2.76. The van der Waals surface area contributed by atoms with E-state index in [9.17, 15) is 13.2 Å². The number of hydrogen-bond donors (Lipinski definition) is 1. The summed E-state index contributed by atoms with van der Waals surface area (Å²) >= 11 is 0. The van der Waals surface area contributed by atoms with Gasteiger partial charge in [0.2, 0.25) is 0 Å². The van der Waals surface area contributed by atoms with Crippen LogP contribution in [0.15, 0.2) is 18.2 Å². The van der Waals surface area contributed by atoms with E-state index in [-0.39, 0.29) is 18.1 Å². The molecule has 2 N–H and O–H groups in total. The highest BCUT2D eigenvalue weighted by Crippen LogP contribution is 2.25. The number of carbonyl (C=O) groups excluding carboxylic acids is 1. The van der Waals surface area contributed by atoms with E-state index < -0.39 is 15.8 Å². The average molecular weight is 298 g/mol. The highest BCUT2D eigenvalue weighted by Gasteiger charge is 2.25. The van der Waals surface area contributed by atoms with Crippen LogP contribution in [0.1, 0.15) is 17.3 Å². The Morgan fingerprint density at radius 3 is 2.60 bits per heavy atom. The van der Waals surface area contributed by atoms with Crippen LogP contribution in [-0.2, 0) is 14.6 Å². The van der Waals surface area contributed by atoms with Gasteiger partial charge in [0.1, 0.15) is 0 Å². The second kappa shape index (κ2) is 5.70. The topological polar surface area (TPSA) is 89.7 Å². The Kier molecular flexibility index (Phi) is 4.17. The molecule has 0 amide bonds. The normalized spacial score (nSPS) is 17.8. The van der Waals surface area contributed by atoms with Gasteiger partial charge in [-0.3, -0.25) is 0 Å². The van der Waals surface area contributed by atoms with Crippen molar-refractivity contribution in [3.8, 4) is 0 Å². The first kappa shape index (κ1) is 14.6. The molecule has 0 spiro atoms. The molecule has 2 rings (SSSR count). The Morgan fingerprint density at radius 2 is 2.00 bits per heavy atom. The van der Waals surface area contributed by atoms with Gasteiger partial charge in [0.05, 0.1) is 29.4 Å². The fourth-order valence-corrected chi connectivity index (χ4v) is 3.36. The van der Waals surface area contributed by atoms with Gasteiger partial charge >= 0.3 is 5.97 Å². The predicted octanol–water partition coefficient (Wildman–Crippen LogP) is 0.680. The number of esters is 1. The van der Waals surface area contributed by atoms with E-state index in [0.29, 0.717) is 30.0 Å². The second-order valence-electron chi connectivity index (χ2n) is 4.64. The molecule has 20 heavy (non-hydrogen) atoms. The smallest absolute Gasteiger partial charge is 0.340 e. The van der Waals surface area contributed by atoms with Crippen molar-refractivity contribution in [3.63, 3.8) is 0 Å². The van der Waals surface area contributed by atoms with E-state index >= 15 is 0 Å². The van der Waals surface area contributed by atoms with Gasteiger partial charge in [0.25, 0.3) is 0 Å². The standard InChI is InChI=1S/C13H18N2O4S/c1-2-19-13(16)11-9-10(14)3-4-12(11)15-5-7-20(17,18)8-6-15/h3-4,9H,2,5-8,14H2,1H3. The van der Waals surface area contributed by atoms with Crippen LogP contribution in [-0.4, -0.2) is 45.6 Å². The Balaban J connectivity index is 2.29. The van der Waals surface area contributed by atoms with Crippen LogP contribution < -0.4 is 10.6 Å². The molecule has 1 fully saturated rings. The average Bonchev–Trinajstić information content (AvgIpc) is 2.39. The van der Waals surface area contributed by atoms with Crippen LogP contribution in [0.25, 0.3) is 0 Å². The second-order valence-corrected chi connectivity index (χ2v) is 6.94. The number of nitrogen functional groups attached to an aromatic ring is 1.